The van der Waals surface area contributed by atoms with Gasteiger partial charge in [-0.2, -0.15) is 24.4 Å². The second-order valence-corrected chi connectivity index (χ2v) is 5.92. The predicted octanol–water partition coefficient (Wildman–Crippen LogP) is 2.61. The van der Waals surface area contributed by atoms with Crippen molar-refractivity contribution in [3.63, 3.8) is 0 Å². The van der Waals surface area contributed by atoms with Gasteiger partial charge in [0.2, 0.25) is 0 Å². The molecule has 2 rings (SSSR count). The molecule has 13 heavy (non-hydrogen) atoms. The van der Waals surface area contributed by atoms with E-state index < -0.39 is 0 Å². The molecule has 0 aromatic carbocycles. The Morgan fingerprint density at radius 3 is 2.77 bits per heavy atom. The van der Waals surface area contributed by atoms with Crippen LogP contribution >= 0.6 is 24.4 Å². The molecule has 2 atom stereocenters. The van der Waals surface area contributed by atoms with Crippen LogP contribution in [0.1, 0.15) is 26.2 Å². The molecule has 1 heterocycles. The van der Waals surface area contributed by atoms with Crippen molar-refractivity contribution in [3.05, 3.63) is 0 Å². The molecule has 1 nitrogen and oxygen atoms in total. The van der Waals surface area contributed by atoms with Crippen molar-refractivity contribution in [3.8, 4) is 0 Å². The molecule has 1 saturated heterocycles. The summed E-state index contributed by atoms with van der Waals surface area (Å²) in [6.45, 7) is 3.16. The zero-order valence-electron chi connectivity index (χ0n) is 8.16. The molecule has 0 amide bonds. The van der Waals surface area contributed by atoms with E-state index in [2.05, 4.69) is 31.3 Å². The summed E-state index contributed by atoms with van der Waals surface area (Å²) in [4.78, 5) is 0. The zero-order valence-corrected chi connectivity index (χ0v) is 9.87. The van der Waals surface area contributed by atoms with E-state index >= 15 is 0 Å². The Hall–Kier alpha value is 0.660. The van der Waals surface area contributed by atoms with Crippen molar-refractivity contribution in [2.75, 3.05) is 18.1 Å². The number of thiol groups is 1. The first kappa shape index (κ1) is 10.2. The van der Waals surface area contributed by atoms with Crippen molar-refractivity contribution in [2.45, 2.75) is 37.5 Å². The van der Waals surface area contributed by atoms with Gasteiger partial charge in [-0.05, 0) is 37.4 Å². The first-order chi connectivity index (χ1) is 6.26. The highest BCUT2D eigenvalue weighted by atomic mass is 32.2. The highest BCUT2D eigenvalue weighted by Gasteiger charge is 2.42. The first-order valence-corrected chi connectivity index (χ1v) is 6.78. The summed E-state index contributed by atoms with van der Waals surface area (Å²) in [5, 5.41) is 0.748. The van der Waals surface area contributed by atoms with Gasteiger partial charge in [-0.1, -0.05) is 0 Å². The van der Waals surface area contributed by atoms with E-state index in [4.69, 9.17) is 4.74 Å². The molecule has 76 valence electrons. The van der Waals surface area contributed by atoms with Crippen LogP contribution in [0.15, 0.2) is 0 Å². The maximum absolute atomic E-state index is 5.54. The van der Waals surface area contributed by atoms with E-state index in [9.17, 15) is 0 Å². The fourth-order valence-electron chi connectivity index (χ4n) is 1.74. The van der Waals surface area contributed by atoms with E-state index in [0.717, 1.165) is 17.6 Å². The van der Waals surface area contributed by atoms with Gasteiger partial charge in [-0.3, -0.25) is 0 Å². The topological polar surface area (TPSA) is 9.23 Å². The molecule has 0 aromatic heterocycles. The first-order valence-electron chi connectivity index (χ1n) is 5.10. The minimum atomic E-state index is 0.473. The van der Waals surface area contributed by atoms with E-state index in [1.165, 1.54) is 25.0 Å². The number of thioether (sulfide) groups is 1. The summed E-state index contributed by atoms with van der Waals surface area (Å²) in [5.41, 5.74) is 0.607. The summed E-state index contributed by atoms with van der Waals surface area (Å²) in [6, 6.07) is 0. The maximum Gasteiger partial charge on any atom is 0.0666 e. The highest BCUT2D eigenvalue weighted by Crippen LogP contribution is 2.50. The largest absolute Gasteiger partial charge is 0.377 e. The Balaban J connectivity index is 1.73. The molecule has 0 radical (unpaired) electrons. The number of hydrogen-bond donors (Lipinski definition) is 1. The van der Waals surface area contributed by atoms with Gasteiger partial charge in [0.15, 0.2) is 0 Å². The quantitative estimate of drug-likeness (QED) is 0.726. The molecule has 0 spiro atoms. The highest BCUT2D eigenvalue weighted by molar-refractivity contribution is 8.00. The van der Waals surface area contributed by atoms with Gasteiger partial charge in [0.1, 0.15) is 0 Å². The molecule has 2 aliphatic rings. The van der Waals surface area contributed by atoms with Crippen molar-refractivity contribution in [1.29, 1.82) is 0 Å². The Bertz CT molecular complexity index is 180. The van der Waals surface area contributed by atoms with Gasteiger partial charge in [-0.15, -0.1) is 0 Å². The molecule has 2 fully saturated rings. The standard InChI is InChI=1S/C10H18OS2/c1-8-9(2-5-11-8)13-7-10(6-12)3-4-10/h8-9,12H,2-7H2,1H3. The number of ether oxygens (including phenoxy) is 1. The fourth-order valence-corrected chi connectivity index (χ4v) is 3.89. The van der Waals surface area contributed by atoms with Crippen molar-refractivity contribution >= 4 is 24.4 Å². The van der Waals surface area contributed by atoms with E-state index in [1.54, 1.807) is 0 Å². The van der Waals surface area contributed by atoms with Gasteiger partial charge in [-0.25, -0.2) is 0 Å². The van der Waals surface area contributed by atoms with Gasteiger partial charge in [0.25, 0.3) is 0 Å². The number of hydrogen-bond acceptors (Lipinski definition) is 3. The van der Waals surface area contributed by atoms with Crippen LogP contribution in [0.2, 0.25) is 0 Å². The van der Waals surface area contributed by atoms with E-state index in [-0.39, 0.29) is 0 Å². The molecule has 0 aromatic rings. The Labute approximate surface area is 90.4 Å². The second-order valence-electron chi connectivity index (χ2n) is 4.37. The van der Waals surface area contributed by atoms with Gasteiger partial charge < -0.3 is 4.74 Å². The minimum Gasteiger partial charge on any atom is -0.377 e. The summed E-state index contributed by atoms with van der Waals surface area (Å²) in [5.74, 6) is 2.37. The lowest BCUT2D eigenvalue weighted by Crippen LogP contribution is -2.17. The summed E-state index contributed by atoms with van der Waals surface area (Å²) < 4.78 is 5.54. The molecule has 0 bridgehead atoms. The van der Waals surface area contributed by atoms with Crippen LogP contribution in [-0.2, 0) is 4.74 Å². The maximum atomic E-state index is 5.54. The van der Waals surface area contributed by atoms with Crippen LogP contribution in [0.3, 0.4) is 0 Å². The fraction of sp³-hybridized carbons (Fsp3) is 1.00. The lowest BCUT2D eigenvalue weighted by atomic mass is 10.2. The monoisotopic (exact) mass is 218 g/mol. The van der Waals surface area contributed by atoms with Crippen LogP contribution in [0.4, 0.5) is 0 Å². The third kappa shape index (κ3) is 2.37. The molecule has 1 aliphatic heterocycles. The van der Waals surface area contributed by atoms with Crippen LogP contribution < -0.4 is 0 Å². The Morgan fingerprint density at radius 2 is 2.31 bits per heavy atom. The third-order valence-electron chi connectivity index (χ3n) is 3.20. The summed E-state index contributed by atoms with van der Waals surface area (Å²) >= 11 is 6.53. The Kier molecular flexibility index (Phi) is 3.16. The summed E-state index contributed by atoms with van der Waals surface area (Å²) in [6.07, 6.45) is 4.51. The third-order valence-corrected chi connectivity index (χ3v) is 5.70. The Morgan fingerprint density at radius 1 is 1.54 bits per heavy atom. The zero-order chi connectivity index (χ0) is 9.31. The van der Waals surface area contributed by atoms with E-state index in [0.29, 0.717) is 11.5 Å². The predicted molar refractivity (Wildman–Crippen MR) is 61.8 cm³/mol. The molecule has 3 heteroatoms. The van der Waals surface area contributed by atoms with Gasteiger partial charge in [0, 0.05) is 17.6 Å². The molecule has 0 N–H and O–H groups in total. The summed E-state index contributed by atoms with van der Waals surface area (Å²) in [7, 11) is 0. The lowest BCUT2D eigenvalue weighted by molar-refractivity contribution is 0.127. The second kappa shape index (κ2) is 4.03. The van der Waals surface area contributed by atoms with Crippen LogP contribution in [-0.4, -0.2) is 29.5 Å². The normalized spacial score (nSPS) is 36.5. The molecular weight excluding hydrogens is 200 g/mol. The smallest absolute Gasteiger partial charge is 0.0666 e. The van der Waals surface area contributed by atoms with Crippen LogP contribution in [0.5, 0.6) is 0 Å². The van der Waals surface area contributed by atoms with Crippen molar-refractivity contribution < 1.29 is 4.74 Å². The molecule has 1 saturated carbocycles. The molecule has 2 unspecified atom stereocenters. The van der Waals surface area contributed by atoms with Gasteiger partial charge in [0.05, 0.1) is 6.10 Å². The molecule has 1 aliphatic carbocycles. The van der Waals surface area contributed by atoms with Crippen molar-refractivity contribution in [2.24, 2.45) is 5.41 Å². The average Bonchev–Trinajstić information content (AvgIpc) is 2.82. The van der Waals surface area contributed by atoms with E-state index in [1.807, 2.05) is 0 Å². The average molecular weight is 218 g/mol. The van der Waals surface area contributed by atoms with Crippen LogP contribution in [0.25, 0.3) is 0 Å². The lowest BCUT2D eigenvalue weighted by Gasteiger charge is -2.17. The SMILES string of the molecule is CC1OCCC1SCC1(CS)CC1. The minimum absolute atomic E-state index is 0.473. The number of rotatable bonds is 4. The van der Waals surface area contributed by atoms with Crippen molar-refractivity contribution in [1.82, 2.24) is 0 Å². The van der Waals surface area contributed by atoms with Crippen LogP contribution in [0, 0.1) is 5.41 Å². The molecular formula is C10H18OS2. The van der Waals surface area contributed by atoms with Gasteiger partial charge >= 0.3 is 0 Å².